The Balaban J connectivity index is 1.13. The summed E-state index contributed by atoms with van der Waals surface area (Å²) in [5.74, 6) is 3.71. The smallest absolute Gasteiger partial charge is 0.261 e. The Hall–Kier alpha value is -3.03. The van der Waals surface area contributed by atoms with Crippen LogP contribution in [0.4, 0.5) is 0 Å². The van der Waals surface area contributed by atoms with Crippen molar-refractivity contribution in [2.24, 2.45) is 23.7 Å². The third kappa shape index (κ3) is 9.45. The van der Waals surface area contributed by atoms with E-state index in [1.54, 1.807) is 18.5 Å². The Morgan fingerprint density at radius 1 is 0.770 bits per heavy atom. The van der Waals surface area contributed by atoms with Crippen LogP contribution in [0, 0.1) is 23.7 Å². The van der Waals surface area contributed by atoms with Gasteiger partial charge >= 0.3 is 0 Å². The first-order valence-corrected chi connectivity index (χ1v) is 27.4. The summed E-state index contributed by atoms with van der Waals surface area (Å²) < 4.78 is 49.3. The molecule has 3 aliphatic rings. The average Bonchev–Trinajstić information content (AvgIpc) is 3.24. The summed E-state index contributed by atoms with van der Waals surface area (Å²) in [5.41, 5.74) is 1.89. The first-order chi connectivity index (χ1) is 29.2. The summed E-state index contributed by atoms with van der Waals surface area (Å²) in [5, 5.41) is 15.0. The van der Waals surface area contributed by atoms with Crippen molar-refractivity contribution in [3.8, 4) is 11.5 Å². The van der Waals surface area contributed by atoms with E-state index in [0.717, 1.165) is 59.0 Å². The molecule has 0 amide bonds. The monoisotopic (exact) mass is 899 g/mol. The maximum absolute atomic E-state index is 14.7. The molecule has 4 aromatic rings. The van der Waals surface area contributed by atoms with Gasteiger partial charge in [-0.25, -0.2) is 8.42 Å². The zero-order valence-corrected chi connectivity index (χ0v) is 40.4. The largest absolute Gasteiger partial charge is 0.497 e. The summed E-state index contributed by atoms with van der Waals surface area (Å²) >= 11 is 3.80. The lowest BCUT2D eigenvalue weighted by molar-refractivity contribution is -0.0644. The van der Waals surface area contributed by atoms with Gasteiger partial charge in [-0.05, 0) is 124 Å². The van der Waals surface area contributed by atoms with Gasteiger partial charge in [-0.1, -0.05) is 119 Å². The molecule has 61 heavy (non-hydrogen) atoms. The summed E-state index contributed by atoms with van der Waals surface area (Å²) in [7, 11) is -3.25. The molecule has 0 aromatic heterocycles. The average molecular weight is 900 g/mol. The third-order valence-corrected chi connectivity index (χ3v) is 24.3. The van der Waals surface area contributed by atoms with Crippen LogP contribution in [0.15, 0.2) is 121 Å². The second kappa shape index (κ2) is 19.4. The van der Waals surface area contributed by atoms with Crippen molar-refractivity contribution in [2.45, 2.75) is 93.9 Å². The number of ether oxygens (including phenoxy) is 2. The van der Waals surface area contributed by atoms with Crippen molar-refractivity contribution < 1.29 is 27.4 Å². The van der Waals surface area contributed by atoms with Crippen molar-refractivity contribution in [1.29, 1.82) is 0 Å². The number of benzene rings is 4. The quantitative estimate of drug-likeness (QED) is 0.0782. The molecule has 1 N–H and O–H groups in total. The van der Waals surface area contributed by atoms with Crippen LogP contribution in [0.3, 0.4) is 0 Å². The first kappa shape index (κ1) is 46.0. The van der Waals surface area contributed by atoms with E-state index in [-0.39, 0.29) is 46.4 Å². The number of sulfonamides is 1. The normalized spacial score (nSPS) is 22.0. The Kier molecular flexibility index (Phi) is 14.6. The number of rotatable bonds is 18. The lowest BCUT2D eigenvalue weighted by Gasteiger charge is -2.55. The molecule has 6 atom stereocenters. The third-order valence-electron chi connectivity index (χ3n) is 13.8. The fourth-order valence-electron chi connectivity index (χ4n) is 9.72. The SMILES string of the molecule is COc1ccc(CN(Cc2ccc(OC)cc2)S(=O)(=O)[C@H](C)[C@@H](C)[C@H]2C=C([C@](O)(C3SCCCS3)[C@@H]3CC[C@H]3CO[Si](c3ccccc3)(c3ccccc3)C(C)(C)C)C2)cc1. The molecule has 0 radical (unpaired) electrons. The van der Waals surface area contributed by atoms with Gasteiger partial charge in [0.2, 0.25) is 10.0 Å². The fourth-order valence-corrected chi connectivity index (χ4v) is 19.6. The second-order valence-electron chi connectivity index (χ2n) is 18.3. The number of aliphatic hydroxyl groups is 1. The van der Waals surface area contributed by atoms with Gasteiger partial charge in [-0.3, -0.25) is 0 Å². The highest BCUT2D eigenvalue weighted by Gasteiger charge is 2.57. The number of nitrogens with zero attached hydrogens (tertiary/aromatic N) is 1. The molecular formula is C50H65NO6S3Si. The Bertz CT molecular complexity index is 2090. The van der Waals surface area contributed by atoms with Crippen LogP contribution in [0.2, 0.25) is 5.04 Å². The second-order valence-corrected chi connectivity index (χ2v) is 27.6. The van der Waals surface area contributed by atoms with Gasteiger partial charge in [0.05, 0.1) is 24.1 Å². The molecular weight excluding hydrogens is 835 g/mol. The van der Waals surface area contributed by atoms with Gasteiger partial charge in [-0.15, -0.1) is 23.5 Å². The summed E-state index contributed by atoms with van der Waals surface area (Å²) in [6.45, 7) is 12.0. The number of hydrogen-bond donors (Lipinski definition) is 1. The Morgan fingerprint density at radius 3 is 1.69 bits per heavy atom. The molecule has 2 aliphatic carbocycles. The minimum Gasteiger partial charge on any atom is -0.497 e. The molecule has 0 unspecified atom stereocenters. The van der Waals surface area contributed by atoms with Crippen molar-refractivity contribution in [3.63, 3.8) is 0 Å². The van der Waals surface area contributed by atoms with E-state index in [1.807, 2.05) is 79.0 Å². The molecule has 1 saturated heterocycles. The van der Waals surface area contributed by atoms with Crippen LogP contribution >= 0.6 is 23.5 Å². The highest BCUT2D eigenvalue weighted by atomic mass is 32.2. The van der Waals surface area contributed by atoms with E-state index in [9.17, 15) is 13.5 Å². The topological polar surface area (TPSA) is 85.3 Å². The minimum absolute atomic E-state index is 0.0371. The molecule has 1 saturated carbocycles. The van der Waals surface area contributed by atoms with Crippen LogP contribution in [0.5, 0.6) is 11.5 Å². The first-order valence-electron chi connectivity index (χ1n) is 21.9. The summed E-state index contributed by atoms with van der Waals surface area (Å²) in [6.07, 6.45) is 6.07. The van der Waals surface area contributed by atoms with Crippen molar-refractivity contribution in [1.82, 2.24) is 4.31 Å². The van der Waals surface area contributed by atoms with E-state index in [1.165, 1.54) is 10.4 Å². The van der Waals surface area contributed by atoms with Crippen LogP contribution in [-0.2, 0) is 27.5 Å². The number of thioether (sulfide) groups is 2. The molecule has 11 heteroatoms. The molecule has 328 valence electrons. The van der Waals surface area contributed by atoms with Gasteiger partial charge in [0.1, 0.15) is 17.1 Å². The number of hydrogen-bond acceptors (Lipinski definition) is 8. The Labute approximate surface area is 375 Å². The number of allylic oxidation sites excluding steroid dienone is 1. The van der Waals surface area contributed by atoms with E-state index >= 15 is 0 Å². The van der Waals surface area contributed by atoms with Gasteiger partial charge in [0, 0.05) is 19.7 Å². The van der Waals surface area contributed by atoms with Gasteiger partial charge in [0.25, 0.3) is 8.32 Å². The molecule has 2 fully saturated rings. The van der Waals surface area contributed by atoms with E-state index in [4.69, 9.17) is 13.9 Å². The maximum atomic E-state index is 14.7. The predicted octanol–water partition coefficient (Wildman–Crippen LogP) is 9.54. The molecule has 1 aliphatic heterocycles. The van der Waals surface area contributed by atoms with Crippen LogP contribution in [0.25, 0.3) is 0 Å². The molecule has 7 nitrogen and oxygen atoms in total. The lowest BCUT2D eigenvalue weighted by Crippen LogP contribution is -2.67. The van der Waals surface area contributed by atoms with Crippen molar-refractivity contribution in [2.75, 3.05) is 32.3 Å². The van der Waals surface area contributed by atoms with Gasteiger partial charge < -0.3 is 19.0 Å². The van der Waals surface area contributed by atoms with Gasteiger partial charge in [-0.2, -0.15) is 4.31 Å². The molecule has 0 spiro atoms. The van der Waals surface area contributed by atoms with Crippen LogP contribution in [0.1, 0.15) is 71.4 Å². The lowest BCUT2D eigenvalue weighted by atomic mass is 9.59. The Morgan fingerprint density at radius 2 is 1.26 bits per heavy atom. The van der Waals surface area contributed by atoms with Crippen LogP contribution < -0.4 is 19.8 Å². The molecule has 7 rings (SSSR count). The fraction of sp³-hybridized carbons (Fsp3) is 0.480. The zero-order valence-electron chi connectivity index (χ0n) is 37.0. The molecule has 1 heterocycles. The number of methoxy groups -OCH3 is 2. The molecule has 4 aromatic carbocycles. The maximum Gasteiger partial charge on any atom is 0.261 e. The minimum atomic E-state index is -3.76. The highest BCUT2D eigenvalue weighted by Crippen LogP contribution is 2.57. The molecule has 0 bridgehead atoms. The van der Waals surface area contributed by atoms with E-state index < -0.39 is 29.2 Å². The summed E-state index contributed by atoms with van der Waals surface area (Å²) in [6, 6.07) is 36.9. The van der Waals surface area contributed by atoms with E-state index in [0.29, 0.717) is 13.0 Å². The highest BCUT2D eigenvalue weighted by molar-refractivity contribution is 8.17. The standard InChI is InChI=1S/C50H65NO6S3Si/c1-36(37(2)60(53,54)51(33-38-19-24-43(55-6)25-20-38)34-39-21-26-44(56-7)27-22-39)41-31-42(32-41)50(52,48-58-29-14-30-59-48)47-28-23-40(47)35-57-61(49(3,4)5,45-15-10-8-11-16-45)46-17-12-9-13-18-46/h8-13,15-22,24-27,31,36-37,40-41,47-48,52H,14,23,28-30,32-35H2,1-7H3/t36-,37-,40+,41+,47-,50-/m1/s1. The van der Waals surface area contributed by atoms with Crippen molar-refractivity contribution in [3.05, 3.63) is 132 Å². The van der Waals surface area contributed by atoms with Gasteiger partial charge in [0.15, 0.2) is 0 Å². The predicted molar refractivity (Wildman–Crippen MR) is 257 cm³/mol. The van der Waals surface area contributed by atoms with Crippen LogP contribution in [-0.4, -0.2) is 73.9 Å². The van der Waals surface area contributed by atoms with Crippen molar-refractivity contribution >= 4 is 52.2 Å². The van der Waals surface area contributed by atoms with E-state index in [2.05, 4.69) is 94.4 Å². The summed E-state index contributed by atoms with van der Waals surface area (Å²) in [4.78, 5) is 0. The zero-order chi connectivity index (χ0) is 43.4.